The number of rotatable bonds is 3. The summed E-state index contributed by atoms with van der Waals surface area (Å²) in [6, 6.07) is 7.42. The second-order valence-electron chi connectivity index (χ2n) is 5.50. The van der Waals surface area contributed by atoms with Gasteiger partial charge in [-0.3, -0.25) is 0 Å². The lowest BCUT2D eigenvalue weighted by Crippen LogP contribution is -2.43. The highest BCUT2D eigenvalue weighted by Crippen LogP contribution is 2.39. The predicted molar refractivity (Wildman–Crippen MR) is 75.0 cm³/mol. The highest BCUT2D eigenvalue weighted by molar-refractivity contribution is 7.93. The van der Waals surface area contributed by atoms with Gasteiger partial charge in [0.15, 0.2) is 0 Å². The van der Waals surface area contributed by atoms with Crippen LogP contribution in [0.2, 0.25) is 0 Å². The Morgan fingerprint density at radius 2 is 2.11 bits per heavy atom. The van der Waals surface area contributed by atoms with E-state index in [1.54, 1.807) is 6.92 Å². The number of hydrogen-bond donors (Lipinski definition) is 1. The van der Waals surface area contributed by atoms with Crippen molar-refractivity contribution < 1.29 is 13.5 Å². The lowest BCUT2D eigenvalue weighted by molar-refractivity contribution is -0.0494. The fourth-order valence-electron chi connectivity index (χ4n) is 2.67. The first-order valence-electron chi connectivity index (χ1n) is 6.16. The molecule has 19 heavy (non-hydrogen) atoms. The van der Waals surface area contributed by atoms with Crippen molar-refractivity contribution in [2.75, 3.05) is 5.75 Å². The van der Waals surface area contributed by atoms with E-state index >= 15 is 0 Å². The molecule has 4 nitrogen and oxygen atoms in total. The van der Waals surface area contributed by atoms with Gasteiger partial charge < -0.3 is 5.11 Å². The topological polar surface area (TPSA) is 67.3 Å². The molecule has 0 aliphatic heterocycles. The minimum atomic E-state index is -3.34. The zero-order valence-corrected chi connectivity index (χ0v) is 12.2. The summed E-state index contributed by atoms with van der Waals surface area (Å²) in [5.74, 6) is 0.134. The molecule has 0 amide bonds. The van der Waals surface area contributed by atoms with Gasteiger partial charge in [-0.25, -0.2) is 13.4 Å². The maximum Gasteiger partial charge on any atom is 0.210 e. The van der Waals surface area contributed by atoms with Gasteiger partial charge in [-0.1, -0.05) is 12.1 Å². The third-order valence-electron chi connectivity index (χ3n) is 3.45. The number of fused-ring (bicyclic) bond motifs is 1. The molecule has 1 N–H and O–H groups in total. The number of sulfone groups is 1. The van der Waals surface area contributed by atoms with Crippen molar-refractivity contribution in [3.05, 3.63) is 24.3 Å². The molecule has 1 saturated carbocycles. The molecule has 0 unspecified atom stereocenters. The van der Waals surface area contributed by atoms with Crippen LogP contribution in [0.3, 0.4) is 0 Å². The van der Waals surface area contributed by atoms with Crippen LogP contribution < -0.4 is 0 Å². The van der Waals surface area contributed by atoms with E-state index in [0.29, 0.717) is 12.8 Å². The van der Waals surface area contributed by atoms with Crippen molar-refractivity contribution in [2.24, 2.45) is 5.92 Å². The predicted octanol–water partition coefficient (Wildman–Crippen LogP) is 2.23. The molecule has 1 aliphatic rings. The average Bonchev–Trinajstić information content (AvgIpc) is 2.70. The monoisotopic (exact) mass is 297 g/mol. The summed E-state index contributed by atoms with van der Waals surface area (Å²) in [5.41, 5.74) is 0.0417. The van der Waals surface area contributed by atoms with E-state index in [4.69, 9.17) is 0 Å². The van der Waals surface area contributed by atoms with Gasteiger partial charge in [0.05, 0.1) is 21.6 Å². The molecule has 0 radical (unpaired) electrons. The highest BCUT2D eigenvalue weighted by atomic mass is 32.2. The maximum atomic E-state index is 12.3. The number of hydrogen-bond acceptors (Lipinski definition) is 5. The summed E-state index contributed by atoms with van der Waals surface area (Å²) in [6.45, 7) is 1.74. The van der Waals surface area contributed by atoms with E-state index in [1.807, 2.05) is 24.3 Å². The second kappa shape index (κ2) is 4.26. The molecule has 102 valence electrons. The SMILES string of the molecule is CC1(O)CC(CS(=O)(=O)c2nc3ccccc3s2)C1. The average molecular weight is 297 g/mol. The van der Waals surface area contributed by atoms with Crippen molar-refractivity contribution in [3.8, 4) is 0 Å². The third kappa shape index (κ3) is 2.52. The van der Waals surface area contributed by atoms with Gasteiger partial charge in [0.25, 0.3) is 0 Å². The molecule has 0 saturated heterocycles. The number of thiazole rings is 1. The van der Waals surface area contributed by atoms with Crippen molar-refractivity contribution in [3.63, 3.8) is 0 Å². The maximum absolute atomic E-state index is 12.3. The molecule has 1 aromatic heterocycles. The fraction of sp³-hybridized carbons (Fsp3) is 0.462. The van der Waals surface area contributed by atoms with E-state index in [2.05, 4.69) is 4.98 Å². The van der Waals surface area contributed by atoms with E-state index in [9.17, 15) is 13.5 Å². The van der Waals surface area contributed by atoms with E-state index in [1.165, 1.54) is 11.3 Å². The minimum absolute atomic E-state index is 0.0482. The zero-order valence-electron chi connectivity index (χ0n) is 10.5. The van der Waals surface area contributed by atoms with E-state index in [-0.39, 0.29) is 16.0 Å². The van der Waals surface area contributed by atoms with Gasteiger partial charge in [-0.15, -0.1) is 11.3 Å². The summed E-state index contributed by atoms with van der Waals surface area (Å²) in [5, 5.41) is 9.66. The zero-order chi connectivity index (χ0) is 13.7. The number of nitrogens with zero attached hydrogens (tertiary/aromatic N) is 1. The van der Waals surface area contributed by atoms with E-state index in [0.717, 1.165) is 10.2 Å². The normalized spacial score (nSPS) is 27.4. The molecule has 0 spiro atoms. The minimum Gasteiger partial charge on any atom is -0.390 e. The Kier molecular flexibility index (Phi) is 2.92. The molecular formula is C13H15NO3S2. The summed E-state index contributed by atoms with van der Waals surface area (Å²) in [4.78, 5) is 4.20. The van der Waals surface area contributed by atoms with Crippen LogP contribution in [0.5, 0.6) is 0 Å². The molecule has 1 aromatic carbocycles. The molecule has 2 aromatic rings. The highest BCUT2D eigenvalue weighted by Gasteiger charge is 2.41. The summed E-state index contributed by atoms with van der Waals surface area (Å²) in [7, 11) is -3.34. The van der Waals surface area contributed by atoms with Crippen molar-refractivity contribution in [2.45, 2.75) is 29.7 Å². The summed E-state index contributed by atoms with van der Waals surface area (Å²) in [6.07, 6.45) is 1.11. The lowest BCUT2D eigenvalue weighted by atomic mass is 9.73. The van der Waals surface area contributed by atoms with Crippen LogP contribution in [0.4, 0.5) is 0 Å². The molecule has 0 atom stereocenters. The molecular weight excluding hydrogens is 282 g/mol. The van der Waals surface area contributed by atoms with E-state index < -0.39 is 15.4 Å². The molecule has 1 aliphatic carbocycles. The molecule has 6 heteroatoms. The van der Waals surface area contributed by atoms with Crippen LogP contribution in [0.25, 0.3) is 10.2 Å². The van der Waals surface area contributed by atoms with Crippen LogP contribution >= 0.6 is 11.3 Å². The largest absolute Gasteiger partial charge is 0.390 e. The van der Waals surface area contributed by atoms with Gasteiger partial charge in [0.1, 0.15) is 0 Å². The Balaban J connectivity index is 1.84. The molecule has 1 fully saturated rings. The molecule has 1 heterocycles. The van der Waals surface area contributed by atoms with Crippen LogP contribution in [0, 0.1) is 5.92 Å². The van der Waals surface area contributed by atoms with Crippen molar-refractivity contribution in [1.82, 2.24) is 4.98 Å². The first kappa shape index (κ1) is 13.0. The Morgan fingerprint density at radius 1 is 1.42 bits per heavy atom. The molecule has 0 bridgehead atoms. The van der Waals surface area contributed by atoms with Gasteiger partial charge in [-0.05, 0) is 37.8 Å². The van der Waals surface area contributed by atoms with Gasteiger partial charge >= 0.3 is 0 Å². The smallest absolute Gasteiger partial charge is 0.210 e. The second-order valence-corrected chi connectivity index (χ2v) is 8.74. The Hall–Kier alpha value is -0.980. The van der Waals surface area contributed by atoms with Crippen molar-refractivity contribution in [1.29, 1.82) is 0 Å². The number of aliphatic hydroxyl groups is 1. The summed E-state index contributed by atoms with van der Waals surface area (Å²) < 4.78 is 25.6. The standard InChI is InChI=1S/C13H15NO3S2/c1-13(15)6-9(7-13)8-19(16,17)12-14-10-4-2-3-5-11(10)18-12/h2-5,9,15H,6-8H2,1H3. The quantitative estimate of drug-likeness (QED) is 0.943. The number of aromatic nitrogens is 1. The third-order valence-corrected chi connectivity index (χ3v) is 6.83. The van der Waals surface area contributed by atoms with Crippen LogP contribution in [0.15, 0.2) is 28.6 Å². The van der Waals surface area contributed by atoms with Crippen LogP contribution in [-0.2, 0) is 9.84 Å². The molecule has 3 rings (SSSR count). The Bertz CT molecular complexity index is 677. The van der Waals surface area contributed by atoms with Crippen LogP contribution in [-0.4, -0.2) is 29.9 Å². The fourth-order valence-corrected chi connectivity index (χ4v) is 5.58. The summed E-state index contributed by atoms with van der Waals surface area (Å²) >= 11 is 1.22. The van der Waals surface area contributed by atoms with Gasteiger partial charge in [0, 0.05) is 0 Å². The first-order chi connectivity index (χ1) is 8.86. The van der Waals surface area contributed by atoms with Crippen LogP contribution in [0.1, 0.15) is 19.8 Å². The van der Waals surface area contributed by atoms with Gasteiger partial charge in [0.2, 0.25) is 14.2 Å². The van der Waals surface area contributed by atoms with Crippen molar-refractivity contribution >= 4 is 31.4 Å². The van der Waals surface area contributed by atoms with Gasteiger partial charge in [-0.2, -0.15) is 0 Å². The first-order valence-corrected chi connectivity index (χ1v) is 8.63. The number of benzene rings is 1. The Morgan fingerprint density at radius 3 is 2.74 bits per heavy atom. The lowest BCUT2D eigenvalue weighted by Gasteiger charge is -2.40. The Labute approximate surface area is 116 Å². The number of para-hydroxylation sites is 1.